The number of para-hydroxylation sites is 1. The zero-order chi connectivity index (χ0) is 16.2. The van der Waals surface area contributed by atoms with Crippen LogP contribution in [0.1, 0.15) is 18.4 Å². The number of nitro benzene ring substituents is 1. The fourth-order valence-corrected chi connectivity index (χ4v) is 4.00. The summed E-state index contributed by atoms with van der Waals surface area (Å²) in [6.45, 7) is 2.29. The average molecular weight is 327 g/mol. The summed E-state index contributed by atoms with van der Waals surface area (Å²) in [4.78, 5) is 12.6. The molecule has 1 fully saturated rings. The summed E-state index contributed by atoms with van der Waals surface area (Å²) in [6.07, 6.45) is 2.06. The van der Waals surface area contributed by atoms with Gasteiger partial charge in [0.2, 0.25) is 10.0 Å². The molecule has 1 saturated heterocycles. The van der Waals surface area contributed by atoms with Gasteiger partial charge in [-0.2, -0.15) is 0 Å². The molecule has 1 aromatic rings. The van der Waals surface area contributed by atoms with E-state index >= 15 is 0 Å². The summed E-state index contributed by atoms with van der Waals surface area (Å²) in [6, 6.07) is 5.93. The molecule has 1 aromatic carbocycles. The van der Waals surface area contributed by atoms with Gasteiger partial charge in [-0.15, -0.1) is 0 Å². The van der Waals surface area contributed by atoms with Crippen molar-refractivity contribution in [2.24, 2.45) is 5.92 Å². The zero-order valence-electron chi connectivity index (χ0n) is 12.6. The highest BCUT2D eigenvalue weighted by Crippen LogP contribution is 2.20. The first-order valence-electron chi connectivity index (χ1n) is 7.25. The highest BCUT2D eigenvalue weighted by molar-refractivity contribution is 7.88. The third kappa shape index (κ3) is 4.75. The van der Waals surface area contributed by atoms with Gasteiger partial charge < -0.3 is 4.90 Å². The summed E-state index contributed by atoms with van der Waals surface area (Å²) in [5.41, 5.74) is 0.0473. The summed E-state index contributed by atoms with van der Waals surface area (Å²) in [7, 11) is -1.56. The predicted octanol–water partition coefficient (Wildman–Crippen LogP) is 1.36. The molecule has 1 heterocycles. The lowest BCUT2D eigenvalue weighted by Gasteiger charge is -2.29. The van der Waals surface area contributed by atoms with Crippen LogP contribution in [0.25, 0.3) is 0 Å². The van der Waals surface area contributed by atoms with Crippen LogP contribution < -0.4 is 4.72 Å². The van der Waals surface area contributed by atoms with Crippen LogP contribution in [0.2, 0.25) is 0 Å². The van der Waals surface area contributed by atoms with E-state index in [1.807, 2.05) is 7.05 Å². The largest absolute Gasteiger partial charge is 0.306 e. The van der Waals surface area contributed by atoms with E-state index in [0.29, 0.717) is 12.5 Å². The number of hydrogen-bond acceptors (Lipinski definition) is 5. The van der Waals surface area contributed by atoms with Gasteiger partial charge in [0.05, 0.1) is 10.7 Å². The first kappa shape index (κ1) is 16.9. The number of sulfonamides is 1. The van der Waals surface area contributed by atoms with Crippen molar-refractivity contribution in [3.05, 3.63) is 39.9 Å². The van der Waals surface area contributed by atoms with E-state index in [9.17, 15) is 18.5 Å². The lowest BCUT2D eigenvalue weighted by molar-refractivity contribution is -0.385. The van der Waals surface area contributed by atoms with Gasteiger partial charge in [0.15, 0.2) is 0 Å². The van der Waals surface area contributed by atoms with Crippen LogP contribution >= 0.6 is 0 Å². The van der Waals surface area contributed by atoms with Gasteiger partial charge in [-0.05, 0) is 32.4 Å². The number of nitrogens with zero attached hydrogens (tertiary/aromatic N) is 2. The summed E-state index contributed by atoms with van der Waals surface area (Å²) >= 11 is 0. The van der Waals surface area contributed by atoms with Crippen molar-refractivity contribution in [1.29, 1.82) is 0 Å². The van der Waals surface area contributed by atoms with Gasteiger partial charge in [0.1, 0.15) is 0 Å². The van der Waals surface area contributed by atoms with Gasteiger partial charge in [-0.25, -0.2) is 13.1 Å². The lowest BCUT2D eigenvalue weighted by atomic mass is 9.99. The molecular formula is C14H21N3O4S. The van der Waals surface area contributed by atoms with E-state index in [4.69, 9.17) is 0 Å². The van der Waals surface area contributed by atoms with Crippen molar-refractivity contribution in [2.45, 2.75) is 18.6 Å². The van der Waals surface area contributed by atoms with Crippen LogP contribution in [0, 0.1) is 16.0 Å². The summed E-state index contributed by atoms with van der Waals surface area (Å²) in [5, 5.41) is 10.9. The van der Waals surface area contributed by atoms with Gasteiger partial charge in [0.25, 0.3) is 5.69 Å². The van der Waals surface area contributed by atoms with Crippen LogP contribution in [-0.2, 0) is 15.8 Å². The second-order valence-corrected chi connectivity index (χ2v) is 7.57. The Kier molecular flexibility index (Phi) is 5.49. The SMILES string of the molecule is CN1CCC[C@@H](CNS(=O)(=O)Cc2ccccc2[N+](=O)[O-])C1. The van der Waals surface area contributed by atoms with Crippen molar-refractivity contribution in [2.75, 3.05) is 26.7 Å². The fraction of sp³-hybridized carbons (Fsp3) is 0.571. The van der Waals surface area contributed by atoms with Crippen molar-refractivity contribution in [1.82, 2.24) is 9.62 Å². The molecule has 0 radical (unpaired) electrons. The van der Waals surface area contributed by atoms with Crippen LogP contribution in [0.4, 0.5) is 5.69 Å². The molecule has 1 aliphatic rings. The standard InChI is InChI=1S/C14H21N3O4S/c1-16-8-4-5-12(10-16)9-15-22(20,21)11-13-6-2-3-7-14(13)17(18)19/h2-3,6-7,12,15H,4-5,8-11H2,1H3/t12-/m0/s1. The Morgan fingerprint density at radius 3 is 2.82 bits per heavy atom. The minimum absolute atomic E-state index is 0.162. The molecular weight excluding hydrogens is 306 g/mol. The van der Waals surface area contributed by atoms with Crippen molar-refractivity contribution < 1.29 is 13.3 Å². The lowest BCUT2D eigenvalue weighted by Crippen LogP contribution is -2.39. The summed E-state index contributed by atoms with van der Waals surface area (Å²) < 4.78 is 26.9. The Morgan fingerprint density at radius 2 is 2.14 bits per heavy atom. The number of nitro groups is 1. The fourth-order valence-electron chi connectivity index (χ4n) is 2.75. The second-order valence-electron chi connectivity index (χ2n) is 5.76. The maximum absolute atomic E-state index is 12.2. The molecule has 1 N–H and O–H groups in total. The molecule has 2 rings (SSSR count). The van der Waals surface area contributed by atoms with Gasteiger partial charge in [-0.1, -0.05) is 18.2 Å². The number of benzene rings is 1. The predicted molar refractivity (Wildman–Crippen MR) is 83.9 cm³/mol. The molecule has 8 heteroatoms. The Labute approximate surface area is 130 Å². The number of rotatable bonds is 6. The van der Waals surface area contributed by atoms with Gasteiger partial charge in [-0.3, -0.25) is 10.1 Å². The monoisotopic (exact) mass is 327 g/mol. The zero-order valence-corrected chi connectivity index (χ0v) is 13.4. The molecule has 1 aliphatic heterocycles. The van der Waals surface area contributed by atoms with Crippen molar-refractivity contribution in [3.8, 4) is 0 Å². The van der Waals surface area contributed by atoms with Crippen LogP contribution in [0.15, 0.2) is 24.3 Å². The van der Waals surface area contributed by atoms with Crippen LogP contribution in [-0.4, -0.2) is 44.9 Å². The Bertz CT molecular complexity index is 633. The number of hydrogen-bond donors (Lipinski definition) is 1. The van der Waals surface area contributed by atoms with E-state index in [0.717, 1.165) is 25.9 Å². The smallest absolute Gasteiger partial charge is 0.273 e. The molecule has 22 heavy (non-hydrogen) atoms. The topological polar surface area (TPSA) is 92.6 Å². The van der Waals surface area contributed by atoms with Crippen LogP contribution in [0.5, 0.6) is 0 Å². The van der Waals surface area contributed by atoms with Gasteiger partial charge >= 0.3 is 0 Å². The maximum atomic E-state index is 12.2. The minimum atomic E-state index is -3.58. The Hall–Kier alpha value is -1.51. The molecule has 0 saturated carbocycles. The highest BCUT2D eigenvalue weighted by atomic mass is 32.2. The second kappa shape index (κ2) is 7.17. The first-order valence-corrected chi connectivity index (χ1v) is 8.91. The Morgan fingerprint density at radius 1 is 1.41 bits per heavy atom. The number of likely N-dealkylation sites (tertiary alicyclic amines) is 1. The molecule has 1 atom stereocenters. The van der Waals surface area contributed by atoms with Crippen LogP contribution in [0.3, 0.4) is 0 Å². The summed E-state index contributed by atoms with van der Waals surface area (Å²) in [5.74, 6) is -0.0773. The Balaban J connectivity index is 1.98. The highest BCUT2D eigenvalue weighted by Gasteiger charge is 2.22. The maximum Gasteiger partial charge on any atom is 0.273 e. The number of nitrogens with one attached hydrogen (secondary N) is 1. The molecule has 0 amide bonds. The molecule has 0 aromatic heterocycles. The first-order chi connectivity index (χ1) is 10.4. The quantitative estimate of drug-likeness (QED) is 0.629. The van der Waals surface area contributed by atoms with E-state index in [1.54, 1.807) is 6.07 Å². The average Bonchev–Trinajstić information content (AvgIpc) is 2.45. The van der Waals surface area contributed by atoms with E-state index < -0.39 is 14.9 Å². The van der Waals surface area contributed by atoms with E-state index in [2.05, 4.69) is 9.62 Å². The molecule has 0 unspecified atom stereocenters. The minimum Gasteiger partial charge on any atom is -0.306 e. The van der Waals surface area contributed by atoms with Crippen molar-refractivity contribution >= 4 is 15.7 Å². The third-order valence-corrected chi connectivity index (χ3v) is 5.15. The number of piperidine rings is 1. The van der Waals surface area contributed by atoms with Crippen molar-refractivity contribution in [3.63, 3.8) is 0 Å². The molecule has 0 bridgehead atoms. The normalized spacial score (nSPS) is 20.0. The third-order valence-electron chi connectivity index (χ3n) is 3.85. The van der Waals surface area contributed by atoms with E-state index in [-0.39, 0.29) is 17.0 Å². The molecule has 0 aliphatic carbocycles. The van der Waals surface area contributed by atoms with E-state index in [1.165, 1.54) is 18.2 Å². The molecule has 0 spiro atoms. The van der Waals surface area contributed by atoms with Gasteiger partial charge in [0, 0.05) is 24.7 Å². The molecule has 7 nitrogen and oxygen atoms in total. The molecule has 122 valence electrons.